The maximum atomic E-state index is 10.3. The number of hydrogen-bond acceptors (Lipinski definition) is 3. The molecular weight excluding hydrogens is 289 g/mol. The Hall–Kier alpha value is 0.636. The molecule has 0 amide bonds. The molecule has 0 aliphatic heterocycles. The number of hydrogen-bond donors (Lipinski definition) is 1. The Labute approximate surface area is 141 Å². The molecule has 116 valence electrons. The zero-order valence-electron chi connectivity index (χ0n) is 13.0. The molecule has 0 spiro atoms. The molecule has 1 N–H and O–H groups in total. The summed E-state index contributed by atoms with van der Waals surface area (Å²) in [6, 6.07) is 0. The van der Waals surface area contributed by atoms with E-state index in [4.69, 9.17) is 4.55 Å². The molecular formula is C14H30MgO4S+2. The van der Waals surface area contributed by atoms with Gasteiger partial charge < -0.3 is 0 Å². The van der Waals surface area contributed by atoms with Crippen molar-refractivity contribution in [2.24, 2.45) is 0 Å². The summed E-state index contributed by atoms with van der Waals surface area (Å²) in [5.41, 5.74) is 0. The smallest absolute Gasteiger partial charge is 0.264 e. The molecule has 0 atom stereocenters. The zero-order valence-corrected chi connectivity index (χ0v) is 15.2. The van der Waals surface area contributed by atoms with E-state index in [0.29, 0.717) is 6.42 Å². The van der Waals surface area contributed by atoms with Gasteiger partial charge in [-0.15, -0.1) is 0 Å². The van der Waals surface area contributed by atoms with Crippen LogP contribution in [0.1, 0.15) is 84.0 Å². The van der Waals surface area contributed by atoms with E-state index in [9.17, 15) is 8.42 Å². The number of rotatable bonds is 14. The van der Waals surface area contributed by atoms with Gasteiger partial charge in [-0.05, 0) is 6.42 Å². The minimum atomic E-state index is -4.24. The Kier molecular flexibility index (Phi) is 18.3. The van der Waals surface area contributed by atoms with E-state index in [0.717, 1.165) is 12.8 Å². The number of unbranched alkanes of at least 4 members (excludes halogenated alkanes) is 11. The maximum absolute atomic E-state index is 10.3. The molecule has 20 heavy (non-hydrogen) atoms. The van der Waals surface area contributed by atoms with Crippen molar-refractivity contribution >= 4 is 33.5 Å². The summed E-state index contributed by atoms with van der Waals surface area (Å²) in [5, 5.41) is 0. The van der Waals surface area contributed by atoms with E-state index in [-0.39, 0.29) is 29.7 Å². The third kappa shape index (κ3) is 20.9. The van der Waals surface area contributed by atoms with Crippen LogP contribution in [0.25, 0.3) is 0 Å². The van der Waals surface area contributed by atoms with E-state index in [2.05, 4.69) is 11.1 Å². The fraction of sp³-hybridized carbons (Fsp3) is 1.00. The van der Waals surface area contributed by atoms with Crippen LogP contribution in [0.2, 0.25) is 0 Å². The van der Waals surface area contributed by atoms with Crippen LogP contribution in [0.4, 0.5) is 0 Å². The molecule has 0 saturated carbocycles. The van der Waals surface area contributed by atoms with Crippen LogP contribution in [-0.4, -0.2) is 42.6 Å². The van der Waals surface area contributed by atoms with Gasteiger partial charge in [0, 0.05) is 0 Å². The van der Waals surface area contributed by atoms with Crippen molar-refractivity contribution in [3.63, 3.8) is 0 Å². The van der Waals surface area contributed by atoms with Gasteiger partial charge in [0.05, 0.1) is 6.61 Å². The quantitative estimate of drug-likeness (QED) is 0.297. The van der Waals surface area contributed by atoms with Crippen molar-refractivity contribution in [1.82, 2.24) is 0 Å². The summed E-state index contributed by atoms with van der Waals surface area (Å²) in [7, 11) is -4.24. The van der Waals surface area contributed by atoms with E-state index < -0.39 is 10.4 Å². The molecule has 6 heteroatoms. The molecule has 4 nitrogen and oxygen atoms in total. The molecule has 0 unspecified atom stereocenters. The Morgan fingerprint density at radius 2 is 1.10 bits per heavy atom. The monoisotopic (exact) mass is 318 g/mol. The SMILES string of the molecule is CCCCCCCCCCCCCCOS(=O)(=O)O.[Mg+2]. The molecule has 0 aromatic heterocycles. The molecule has 0 aromatic carbocycles. The van der Waals surface area contributed by atoms with Crippen molar-refractivity contribution in [1.29, 1.82) is 0 Å². The van der Waals surface area contributed by atoms with Crippen molar-refractivity contribution in [2.75, 3.05) is 6.61 Å². The van der Waals surface area contributed by atoms with E-state index in [1.807, 2.05) is 0 Å². The Morgan fingerprint density at radius 1 is 0.750 bits per heavy atom. The Bertz CT molecular complexity index is 281. The Balaban J connectivity index is 0. The van der Waals surface area contributed by atoms with Crippen LogP contribution in [-0.2, 0) is 14.6 Å². The maximum Gasteiger partial charge on any atom is 2.00 e. The first kappa shape index (κ1) is 22.9. The minimum absolute atomic E-state index is 0. The summed E-state index contributed by atoms with van der Waals surface area (Å²) in [5.74, 6) is 0. The van der Waals surface area contributed by atoms with Crippen molar-refractivity contribution < 1.29 is 17.2 Å². The average molecular weight is 319 g/mol. The molecule has 0 rings (SSSR count). The van der Waals surface area contributed by atoms with Gasteiger partial charge in [-0.1, -0.05) is 77.6 Å². The van der Waals surface area contributed by atoms with Crippen LogP contribution >= 0.6 is 0 Å². The first-order valence-electron chi connectivity index (χ1n) is 7.68. The summed E-state index contributed by atoms with van der Waals surface area (Å²) < 4.78 is 33.1. The van der Waals surface area contributed by atoms with Gasteiger partial charge in [-0.2, -0.15) is 8.42 Å². The van der Waals surface area contributed by atoms with Gasteiger partial charge in [0.2, 0.25) is 0 Å². The molecule has 0 aliphatic carbocycles. The van der Waals surface area contributed by atoms with Gasteiger partial charge in [0.1, 0.15) is 0 Å². The van der Waals surface area contributed by atoms with E-state index in [1.165, 1.54) is 57.8 Å². The van der Waals surface area contributed by atoms with Crippen molar-refractivity contribution in [3.8, 4) is 0 Å². The molecule has 0 aliphatic rings. The van der Waals surface area contributed by atoms with Crippen LogP contribution < -0.4 is 0 Å². The van der Waals surface area contributed by atoms with Crippen molar-refractivity contribution in [2.45, 2.75) is 84.0 Å². The second-order valence-corrected chi connectivity index (χ2v) is 6.23. The van der Waals surface area contributed by atoms with Crippen LogP contribution in [0.5, 0.6) is 0 Å². The third-order valence-corrected chi connectivity index (χ3v) is 3.69. The fourth-order valence-electron chi connectivity index (χ4n) is 2.11. The summed E-state index contributed by atoms with van der Waals surface area (Å²) >= 11 is 0. The molecule has 0 radical (unpaired) electrons. The second-order valence-electron chi connectivity index (χ2n) is 5.14. The Morgan fingerprint density at radius 3 is 1.45 bits per heavy atom. The van der Waals surface area contributed by atoms with Crippen LogP contribution in [0, 0.1) is 0 Å². The van der Waals surface area contributed by atoms with Gasteiger partial charge in [-0.25, -0.2) is 4.18 Å². The predicted molar refractivity (Wildman–Crippen MR) is 84.3 cm³/mol. The van der Waals surface area contributed by atoms with Gasteiger partial charge >= 0.3 is 33.5 Å². The molecule has 0 fully saturated rings. The zero-order chi connectivity index (χ0) is 14.4. The topological polar surface area (TPSA) is 63.6 Å². The summed E-state index contributed by atoms with van der Waals surface area (Å²) in [6.07, 6.45) is 14.7. The largest absolute Gasteiger partial charge is 2.00 e. The molecule has 0 bridgehead atoms. The van der Waals surface area contributed by atoms with Gasteiger partial charge in [-0.3, -0.25) is 4.55 Å². The first-order chi connectivity index (χ1) is 9.06. The average Bonchev–Trinajstić information content (AvgIpc) is 2.34. The van der Waals surface area contributed by atoms with E-state index >= 15 is 0 Å². The van der Waals surface area contributed by atoms with Crippen molar-refractivity contribution in [3.05, 3.63) is 0 Å². The molecule has 0 saturated heterocycles. The summed E-state index contributed by atoms with van der Waals surface area (Å²) in [4.78, 5) is 0. The fourth-order valence-corrected chi connectivity index (χ4v) is 2.44. The van der Waals surface area contributed by atoms with Gasteiger partial charge in [0.25, 0.3) is 0 Å². The molecule has 0 heterocycles. The third-order valence-electron chi connectivity index (χ3n) is 3.23. The van der Waals surface area contributed by atoms with Crippen LogP contribution in [0.3, 0.4) is 0 Å². The first-order valence-corrected chi connectivity index (χ1v) is 9.04. The summed E-state index contributed by atoms with van der Waals surface area (Å²) in [6.45, 7) is 2.33. The minimum Gasteiger partial charge on any atom is -0.264 e. The van der Waals surface area contributed by atoms with E-state index in [1.54, 1.807) is 0 Å². The second kappa shape index (κ2) is 16.0. The predicted octanol–water partition coefficient (Wildman–Crippen LogP) is 4.13. The normalized spacial score (nSPS) is 11.3. The molecule has 0 aromatic rings. The van der Waals surface area contributed by atoms with Crippen LogP contribution in [0.15, 0.2) is 0 Å². The standard InChI is InChI=1S/C14H30O4S.Mg/c1-2-3-4-5-6-7-8-9-10-11-12-13-14-18-19(15,16)17;/h2-14H2,1H3,(H,15,16,17);/q;+2. The van der Waals surface area contributed by atoms with Gasteiger partial charge in [0.15, 0.2) is 0 Å².